The van der Waals surface area contributed by atoms with E-state index < -0.39 is 66.4 Å². The fraction of sp³-hybridized carbons (Fsp3) is 0.592. The van der Waals surface area contributed by atoms with Crippen molar-refractivity contribution < 1.29 is 48.0 Å². The standard InChI is InChI=1S/C49H64N2O10/c1-47(2,3)61-42(53)20-18-34(28-52)50-44(54)38(23-30-13-9-8-10-14-30)51(7)45(55)33-25-39-43(58-29-57-39)40(26-33)59-46(56)35-16-12-11-15-31(35)24-32-17-19-41-49(6,60-41)22-21-37-36(32)27-48(37,4)5/h8-16,24-25,34,36-41,43,52H,17-23,26-29H2,1-7H3,(H,50,54)/t34-,36+,37+,38+,39+,40+,41?,43+,49+/m0/s1. The number of aliphatic hydroxyl groups excluding tert-OH is 1. The van der Waals surface area contributed by atoms with Crippen LogP contribution < -0.4 is 5.32 Å². The topological polar surface area (TPSA) is 153 Å². The molecule has 2 saturated carbocycles. The number of esters is 2. The number of benzene rings is 2. The first-order valence-corrected chi connectivity index (χ1v) is 22.0. The van der Waals surface area contributed by atoms with Gasteiger partial charge in [0.1, 0.15) is 36.7 Å². The zero-order valence-electron chi connectivity index (χ0n) is 36.8. The van der Waals surface area contributed by atoms with Crippen molar-refractivity contribution in [2.24, 2.45) is 17.3 Å². The van der Waals surface area contributed by atoms with Gasteiger partial charge in [0, 0.05) is 31.9 Å². The van der Waals surface area contributed by atoms with Crippen LogP contribution in [0.25, 0.3) is 6.08 Å². The predicted molar refractivity (Wildman–Crippen MR) is 229 cm³/mol. The van der Waals surface area contributed by atoms with Crippen LogP contribution in [0.1, 0.15) is 114 Å². The molecule has 2 aromatic carbocycles. The molecule has 12 heteroatoms. The molecule has 2 N–H and O–H groups in total. The van der Waals surface area contributed by atoms with E-state index in [1.807, 2.05) is 48.5 Å². The molecule has 0 aromatic heterocycles. The number of allylic oxidation sites excluding steroid dienone is 1. The fourth-order valence-corrected chi connectivity index (χ4v) is 9.93. The van der Waals surface area contributed by atoms with E-state index >= 15 is 0 Å². The first-order chi connectivity index (χ1) is 28.9. The summed E-state index contributed by atoms with van der Waals surface area (Å²) in [6.45, 7) is 11.9. The average molecular weight is 841 g/mol. The molecule has 7 rings (SSSR count). The maximum absolute atomic E-state index is 14.4. The van der Waals surface area contributed by atoms with Crippen molar-refractivity contribution in [3.05, 3.63) is 88.5 Å². The second-order valence-electron chi connectivity index (χ2n) is 19.6. The number of fused-ring (bicyclic) bond motifs is 3. The van der Waals surface area contributed by atoms with Crippen molar-refractivity contribution in [2.75, 3.05) is 20.4 Å². The van der Waals surface area contributed by atoms with Gasteiger partial charge in [-0.2, -0.15) is 0 Å². The molecule has 5 aliphatic rings. The van der Waals surface area contributed by atoms with E-state index in [-0.39, 0.29) is 49.6 Å². The zero-order valence-corrected chi connectivity index (χ0v) is 36.8. The van der Waals surface area contributed by atoms with Crippen LogP contribution in [0.5, 0.6) is 0 Å². The number of amides is 2. The van der Waals surface area contributed by atoms with Crippen LogP contribution in [0, 0.1) is 17.3 Å². The quantitative estimate of drug-likeness (QED) is 0.164. The Balaban J connectivity index is 1.07. The van der Waals surface area contributed by atoms with E-state index in [0.29, 0.717) is 23.0 Å². The highest BCUT2D eigenvalue weighted by Crippen LogP contribution is 2.59. The molecule has 330 valence electrons. The van der Waals surface area contributed by atoms with Crippen molar-refractivity contribution >= 4 is 29.8 Å². The zero-order chi connectivity index (χ0) is 43.7. The second-order valence-corrected chi connectivity index (χ2v) is 19.6. The number of carbonyl (C=O) groups excluding carboxylic acids is 4. The van der Waals surface area contributed by atoms with Crippen LogP contribution in [0.4, 0.5) is 0 Å². The third-order valence-corrected chi connectivity index (χ3v) is 13.5. The lowest BCUT2D eigenvalue weighted by atomic mass is 9.52. The highest BCUT2D eigenvalue weighted by molar-refractivity contribution is 5.98. The summed E-state index contributed by atoms with van der Waals surface area (Å²) in [7, 11) is 1.56. The predicted octanol–water partition coefficient (Wildman–Crippen LogP) is 6.73. The lowest BCUT2D eigenvalue weighted by molar-refractivity contribution is -0.155. The van der Waals surface area contributed by atoms with E-state index in [1.165, 1.54) is 10.5 Å². The summed E-state index contributed by atoms with van der Waals surface area (Å²) in [4.78, 5) is 56.5. The fourth-order valence-electron chi connectivity index (χ4n) is 9.93. The molecule has 3 aliphatic carbocycles. The van der Waals surface area contributed by atoms with Crippen LogP contribution in [0.15, 0.2) is 71.8 Å². The van der Waals surface area contributed by atoms with Gasteiger partial charge in [-0.3, -0.25) is 14.4 Å². The summed E-state index contributed by atoms with van der Waals surface area (Å²) < 4.78 is 29.7. The first kappa shape index (κ1) is 44.7. The average Bonchev–Trinajstić information content (AvgIpc) is 3.59. The molecule has 0 bridgehead atoms. The largest absolute Gasteiger partial charge is 0.460 e. The van der Waals surface area contributed by atoms with Gasteiger partial charge in [0.15, 0.2) is 0 Å². The Bertz CT molecular complexity index is 2000. The number of hydrogen-bond donors (Lipinski definition) is 2. The van der Waals surface area contributed by atoms with Crippen LogP contribution in [-0.2, 0) is 44.5 Å². The minimum Gasteiger partial charge on any atom is -0.460 e. The number of hydrogen-bond acceptors (Lipinski definition) is 10. The van der Waals surface area contributed by atoms with Crippen molar-refractivity contribution in [3.8, 4) is 0 Å². The number of rotatable bonds is 13. The maximum Gasteiger partial charge on any atom is 0.339 e. The van der Waals surface area contributed by atoms with Gasteiger partial charge < -0.3 is 39.0 Å². The Hall–Kier alpha value is -4.36. The molecule has 2 heterocycles. The summed E-state index contributed by atoms with van der Waals surface area (Å²) in [5.74, 6) is -0.856. The Labute approximate surface area is 360 Å². The van der Waals surface area contributed by atoms with Crippen LogP contribution in [-0.4, -0.2) is 102 Å². The summed E-state index contributed by atoms with van der Waals surface area (Å²) in [5.41, 5.74) is 3.32. The number of nitrogens with one attached hydrogen (secondary N) is 1. The molecule has 0 radical (unpaired) electrons. The number of aliphatic hydroxyl groups is 1. The Morgan fingerprint density at radius 2 is 1.75 bits per heavy atom. The van der Waals surface area contributed by atoms with Gasteiger partial charge in [-0.05, 0) is 107 Å². The van der Waals surface area contributed by atoms with E-state index in [2.05, 4.69) is 32.2 Å². The molecule has 4 fully saturated rings. The third-order valence-electron chi connectivity index (χ3n) is 13.5. The summed E-state index contributed by atoms with van der Waals surface area (Å²) in [6, 6.07) is 15.1. The molecular weight excluding hydrogens is 777 g/mol. The van der Waals surface area contributed by atoms with E-state index in [1.54, 1.807) is 40.0 Å². The summed E-state index contributed by atoms with van der Waals surface area (Å²) in [6.07, 6.45) is 7.66. The number of likely N-dealkylation sites (N-methyl/N-ethyl adjacent to an activating group) is 1. The van der Waals surface area contributed by atoms with E-state index in [4.69, 9.17) is 23.7 Å². The minimum atomic E-state index is -0.982. The maximum atomic E-state index is 14.4. The van der Waals surface area contributed by atoms with Gasteiger partial charge in [-0.15, -0.1) is 0 Å². The van der Waals surface area contributed by atoms with Crippen LogP contribution >= 0.6 is 0 Å². The summed E-state index contributed by atoms with van der Waals surface area (Å²) in [5, 5.41) is 13.0. The van der Waals surface area contributed by atoms with Crippen LogP contribution in [0.2, 0.25) is 0 Å². The van der Waals surface area contributed by atoms with Gasteiger partial charge in [0.2, 0.25) is 11.8 Å². The molecule has 61 heavy (non-hydrogen) atoms. The van der Waals surface area contributed by atoms with Crippen molar-refractivity contribution in [3.63, 3.8) is 0 Å². The Kier molecular flexibility index (Phi) is 13.3. The lowest BCUT2D eigenvalue weighted by Gasteiger charge is -2.53. The summed E-state index contributed by atoms with van der Waals surface area (Å²) >= 11 is 0. The van der Waals surface area contributed by atoms with Gasteiger partial charge in [-0.1, -0.05) is 74.0 Å². The van der Waals surface area contributed by atoms with Crippen molar-refractivity contribution in [1.82, 2.24) is 10.2 Å². The van der Waals surface area contributed by atoms with Crippen molar-refractivity contribution in [1.29, 1.82) is 0 Å². The molecule has 2 aromatic rings. The minimum absolute atomic E-state index is 0.00481. The highest BCUT2D eigenvalue weighted by Gasteiger charge is 2.56. The van der Waals surface area contributed by atoms with E-state index in [0.717, 1.165) is 43.2 Å². The van der Waals surface area contributed by atoms with Crippen molar-refractivity contribution in [2.45, 2.75) is 147 Å². The number of nitrogens with zero attached hydrogens (tertiary/aromatic N) is 1. The monoisotopic (exact) mass is 840 g/mol. The van der Waals surface area contributed by atoms with Gasteiger partial charge in [0.25, 0.3) is 0 Å². The molecule has 9 atom stereocenters. The first-order valence-electron chi connectivity index (χ1n) is 22.0. The highest BCUT2D eigenvalue weighted by atomic mass is 16.7. The van der Waals surface area contributed by atoms with Gasteiger partial charge in [0.05, 0.1) is 29.9 Å². The molecular formula is C49H64N2O10. The second kappa shape index (κ2) is 18.2. The van der Waals surface area contributed by atoms with Gasteiger partial charge in [-0.25, -0.2) is 4.79 Å². The normalized spacial score (nSPS) is 29.4. The molecule has 12 nitrogen and oxygen atoms in total. The molecule has 0 spiro atoms. The smallest absolute Gasteiger partial charge is 0.339 e. The Morgan fingerprint density at radius 3 is 2.48 bits per heavy atom. The molecule has 1 unspecified atom stereocenters. The third kappa shape index (κ3) is 10.5. The number of ether oxygens (including phenoxy) is 5. The number of epoxide rings is 1. The Morgan fingerprint density at radius 1 is 1.02 bits per heavy atom. The van der Waals surface area contributed by atoms with Gasteiger partial charge >= 0.3 is 11.9 Å². The lowest BCUT2D eigenvalue weighted by Crippen LogP contribution is -2.53. The van der Waals surface area contributed by atoms with E-state index in [9.17, 15) is 24.3 Å². The molecule has 2 saturated heterocycles. The SMILES string of the molecule is CN(C(=O)C1=C[C@H]2OCO[C@H]2[C@H](OC(=O)c2ccccc2C=C2CCC3O[C@]3(C)CC[C@@H]3[C@@H]2CC3(C)C)C1)[C@H](Cc1ccccc1)C(=O)N[C@H](CO)CCC(=O)OC(C)(C)C. The molecule has 2 aliphatic heterocycles. The number of carbonyl (C=O) groups is 4. The molecule has 2 amide bonds. The van der Waals surface area contributed by atoms with Crippen LogP contribution in [0.3, 0.4) is 0 Å².